The average molecular weight is 739 g/mol. The molecule has 6 aromatic rings. The summed E-state index contributed by atoms with van der Waals surface area (Å²) in [5.74, 6) is 1.44. The first-order valence-electron chi connectivity index (χ1n) is 17.0. The van der Waals surface area contributed by atoms with Crippen LogP contribution in [0.2, 0.25) is 0 Å². The fourth-order valence-electron chi connectivity index (χ4n) is 6.40. The number of thiocarbonyl (C=S) groups is 1. The van der Waals surface area contributed by atoms with Crippen LogP contribution in [0.4, 0.5) is 16.2 Å². The first-order chi connectivity index (χ1) is 25.8. The van der Waals surface area contributed by atoms with Crippen LogP contribution in [0.25, 0.3) is 22.3 Å². The Hall–Kier alpha value is -6.09. The number of halogens is 1. The van der Waals surface area contributed by atoms with Crippen molar-refractivity contribution in [3.63, 3.8) is 0 Å². The number of carbonyl (C=O) groups is 3. The SMILES string of the molecule is Nc1ccc(-c2ccccc2)c2c1C(=O)CC2.O=C(Cl)Oc1ccccc1.O=C1CCc2c(-c3ccccc3)ccc(NC(=S)Oc3ccccc3)c21. The molecule has 2 aliphatic rings. The lowest BCUT2D eigenvalue weighted by Crippen LogP contribution is -2.18. The maximum Gasteiger partial charge on any atom is 0.409 e. The number of hydrogen-bond donors (Lipinski definition) is 2. The molecular weight excluding hydrogens is 704 g/mol. The summed E-state index contributed by atoms with van der Waals surface area (Å²) in [7, 11) is 0. The third kappa shape index (κ3) is 9.23. The molecule has 2 aliphatic carbocycles. The number of anilines is 2. The van der Waals surface area contributed by atoms with Crippen molar-refractivity contribution in [2.45, 2.75) is 25.7 Å². The lowest BCUT2D eigenvalue weighted by Gasteiger charge is -2.15. The molecule has 3 N–H and O–H groups in total. The van der Waals surface area contributed by atoms with Crippen molar-refractivity contribution in [1.82, 2.24) is 0 Å². The predicted molar refractivity (Wildman–Crippen MR) is 215 cm³/mol. The van der Waals surface area contributed by atoms with Gasteiger partial charge in [-0.1, -0.05) is 109 Å². The Morgan fingerprint density at radius 3 is 1.51 bits per heavy atom. The van der Waals surface area contributed by atoms with Gasteiger partial charge in [0.05, 0.1) is 5.69 Å². The molecule has 0 amide bonds. The molecule has 8 rings (SSSR count). The van der Waals surface area contributed by atoms with Crippen molar-refractivity contribution < 1.29 is 23.9 Å². The third-order valence-electron chi connectivity index (χ3n) is 8.72. The number of para-hydroxylation sites is 2. The number of Topliss-reactive ketones (excluding diaryl/α,β-unsaturated/α-hetero) is 2. The Kier molecular flexibility index (Phi) is 12.1. The Morgan fingerprint density at radius 2 is 1.00 bits per heavy atom. The zero-order valence-corrected chi connectivity index (χ0v) is 30.2. The summed E-state index contributed by atoms with van der Waals surface area (Å²) in [5, 5.41) is 3.32. The van der Waals surface area contributed by atoms with Gasteiger partial charge in [-0.25, -0.2) is 4.79 Å². The van der Waals surface area contributed by atoms with E-state index in [4.69, 9.17) is 34.3 Å². The second-order valence-electron chi connectivity index (χ2n) is 12.1. The van der Waals surface area contributed by atoms with E-state index in [-0.39, 0.29) is 16.7 Å². The summed E-state index contributed by atoms with van der Waals surface area (Å²) in [6, 6.07) is 46.1. The number of nitrogen functional groups attached to an aromatic ring is 1. The highest BCUT2D eigenvalue weighted by Gasteiger charge is 2.27. The number of fused-ring (bicyclic) bond motifs is 2. The molecule has 9 heteroatoms. The Morgan fingerprint density at radius 1 is 0.566 bits per heavy atom. The highest BCUT2D eigenvalue weighted by Crippen LogP contribution is 2.37. The number of rotatable bonds is 5. The van der Waals surface area contributed by atoms with Crippen molar-refractivity contribution in [2.24, 2.45) is 0 Å². The van der Waals surface area contributed by atoms with Crippen molar-refractivity contribution in [3.05, 3.63) is 168 Å². The normalized spacial score (nSPS) is 12.2. The van der Waals surface area contributed by atoms with Crippen LogP contribution in [0.5, 0.6) is 11.5 Å². The minimum atomic E-state index is -0.814. The van der Waals surface area contributed by atoms with E-state index < -0.39 is 5.43 Å². The number of nitrogens with one attached hydrogen (secondary N) is 1. The van der Waals surface area contributed by atoms with E-state index in [1.807, 2.05) is 97.1 Å². The summed E-state index contributed by atoms with van der Waals surface area (Å²) in [6.07, 6.45) is 2.67. The van der Waals surface area contributed by atoms with Crippen LogP contribution in [0.15, 0.2) is 146 Å². The van der Waals surface area contributed by atoms with Crippen LogP contribution in [0.1, 0.15) is 44.7 Å². The molecule has 0 bridgehead atoms. The largest absolute Gasteiger partial charge is 0.432 e. The Balaban J connectivity index is 0.000000152. The predicted octanol–water partition coefficient (Wildman–Crippen LogP) is 10.7. The van der Waals surface area contributed by atoms with E-state index in [0.29, 0.717) is 35.7 Å². The lowest BCUT2D eigenvalue weighted by molar-refractivity contribution is 0.0987. The highest BCUT2D eigenvalue weighted by molar-refractivity contribution is 7.80. The van der Waals surface area contributed by atoms with Crippen LogP contribution in [0, 0.1) is 0 Å². The molecule has 0 aliphatic heterocycles. The van der Waals surface area contributed by atoms with Crippen LogP contribution in [0.3, 0.4) is 0 Å². The summed E-state index contributed by atoms with van der Waals surface area (Å²) in [5.41, 5.74) is 14.6. The van der Waals surface area contributed by atoms with Crippen LogP contribution < -0.4 is 20.5 Å². The molecule has 0 saturated heterocycles. The topological polar surface area (TPSA) is 108 Å². The van der Waals surface area contributed by atoms with Crippen LogP contribution in [-0.4, -0.2) is 22.2 Å². The van der Waals surface area contributed by atoms with Crippen LogP contribution >= 0.6 is 23.8 Å². The van der Waals surface area contributed by atoms with Crippen molar-refractivity contribution in [3.8, 4) is 33.8 Å². The quantitative estimate of drug-likeness (QED) is 0.102. The van der Waals surface area contributed by atoms with E-state index in [1.54, 1.807) is 24.3 Å². The Bertz CT molecular complexity index is 2250. The summed E-state index contributed by atoms with van der Waals surface area (Å²) in [4.78, 5) is 34.4. The molecule has 0 unspecified atom stereocenters. The molecule has 264 valence electrons. The monoisotopic (exact) mass is 738 g/mol. The first-order valence-corrected chi connectivity index (χ1v) is 17.8. The minimum Gasteiger partial charge on any atom is -0.432 e. The third-order valence-corrected chi connectivity index (χ3v) is 8.98. The van der Waals surface area contributed by atoms with Gasteiger partial charge < -0.3 is 20.5 Å². The van der Waals surface area contributed by atoms with E-state index in [1.165, 1.54) is 0 Å². The summed E-state index contributed by atoms with van der Waals surface area (Å²) >= 11 is 10.3. The number of hydrogen-bond acceptors (Lipinski definition) is 7. The highest BCUT2D eigenvalue weighted by atomic mass is 35.5. The van der Waals surface area contributed by atoms with Gasteiger partial charge in [-0.05, 0) is 94.8 Å². The summed E-state index contributed by atoms with van der Waals surface area (Å²) in [6.45, 7) is 0. The second-order valence-corrected chi connectivity index (χ2v) is 12.8. The molecule has 7 nitrogen and oxygen atoms in total. The van der Waals surface area contributed by atoms with Gasteiger partial charge in [0.15, 0.2) is 11.6 Å². The van der Waals surface area contributed by atoms with Gasteiger partial charge in [0, 0.05) is 41.3 Å². The number of carbonyl (C=O) groups excluding carboxylic acids is 3. The van der Waals surface area contributed by atoms with E-state index >= 15 is 0 Å². The zero-order chi connectivity index (χ0) is 37.2. The van der Waals surface area contributed by atoms with Gasteiger partial charge in [0.25, 0.3) is 5.17 Å². The van der Waals surface area contributed by atoms with Gasteiger partial charge >= 0.3 is 5.43 Å². The minimum absolute atomic E-state index is 0.141. The smallest absolute Gasteiger partial charge is 0.409 e. The standard InChI is InChI=1S/C22H17NO2S.C15H13NO.C7H5ClO2/c24-20-14-12-18-17(15-7-3-1-4-8-15)11-13-19(21(18)20)23-22(26)25-16-9-5-2-6-10-16;16-13-8-6-11(10-4-2-1-3-5-10)12-7-9-14(17)15(12)13;8-7(9)10-6-4-2-1-3-5-6/h1-11,13H,12,14H2,(H,23,26);1-6,8H,7,9,16H2;1-5H. The van der Waals surface area contributed by atoms with Gasteiger partial charge in [-0.3, -0.25) is 9.59 Å². The maximum atomic E-state index is 12.5. The van der Waals surface area contributed by atoms with Crippen LogP contribution in [-0.2, 0) is 12.8 Å². The first kappa shape index (κ1) is 36.7. The maximum absolute atomic E-state index is 12.5. The van der Waals surface area contributed by atoms with E-state index in [0.717, 1.165) is 57.3 Å². The number of ketones is 2. The van der Waals surface area contributed by atoms with Gasteiger partial charge in [0.2, 0.25) is 0 Å². The van der Waals surface area contributed by atoms with Crippen molar-refractivity contribution >= 4 is 57.4 Å². The van der Waals surface area contributed by atoms with Crippen molar-refractivity contribution in [2.75, 3.05) is 11.1 Å². The van der Waals surface area contributed by atoms with Gasteiger partial charge in [0.1, 0.15) is 11.5 Å². The molecular formula is C44H35ClN2O5S. The van der Waals surface area contributed by atoms with Gasteiger partial charge in [-0.15, -0.1) is 0 Å². The fourth-order valence-corrected chi connectivity index (χ4v) is 6.70. The number of nitrogens with two attached hydrogens (primary N) is 1. The second kappa shape index (κ2) is 17.4. The molecule has 0 aromatic heterocycles. The number of ether oxygens (including phenoxy) is 2. The van der Waals surface area contributed by atoms with E-state index in [2.05, 4.69) is 34.3 Å². The fraction of sp³-hybridized carbons (Fsp3) is 0.0909. The Labute approximate surface area is 318 Å². The van der Waals surface area contributed by atoms with E-state index in [9.17, 15) is 14.4 Å². The molecule has 0 heterocycles. The molecule has 0 atom stereocenters. The summed E-state index contributed by atoms with van der Waals surface area (Å²) < 4.78 is 10.2. The molecule has 0 spiro atoms. The molecule has 6 aromatic carbocycles. The molecule has 0 radical (unpaired) electrons. The number of benzene rings is 6. The van der Waals surface area contributed by atoms with Gasteiger partial charge in [-0.2, -0.15) is 0 Å². The molecule has 53 heavy (non-hydrogen) atoms. The molecule has 0 saturated carbocycles. The average Bonchev–Trinajstić information content (AvgIpc) is 3.77. The molecule has 0 fully saturated rings. The zero-order valence-electron chi connectivity index (χ0n) is 28.6. The van der Waals surface area contributed by atoms with Crippen molar-refractivity contribution in [1.29, 1.82) is 0 Å². The lowest BCUT2D eigenvalue weighted by atomic mass is 9.95.